The summed E-state index contributed by atoms with van der Waals surface area (Å²) < 4.78 is 21.1. The second kappa shape index (κ2) is 26.6. The number of phenolic OH excluding ortho intramolecular Hbond substituents is 8. The van der Waals surface area contributed by atoms with Crippen LogP contribution in [0.1, 0.15) is 61.8 Å². The largest absolute Gasteiger partial charge is 0.504 e. The summed E-state index contributed by atoms with van der Waals surface area (Å²) in [5, 5.41) is 124. The van der Waals surface area contributed by atoms with E-state index in [0.717, 1.165) is 24.3 Å². The molecule has 78 heavy (non-hydrogen) atoms. The number of benzene rings is 4. The summed E-state index contributed by atoms with van der Waals surface area (Å²) in [4.78, 5) is 75.0. The molecule has 2 aliphatic carbocycles. The number of aliphatic hydroxyl groups is 4. The lowest BCUT2D eigenvalue weighted by molar-refractivity contribution is -0.196. The minimum Gasteiger partial charge on any atom is -0.504 e. The van der Waals surface area contributed by atoms with Crippen molar-refractivity contribution >= 4 is 60.0 Å². The highest BCUT2D eigenvalue weighted by Gasteiger charge is 2.53. The number of hydrogen-bond acceptors (Lipinski definition) is 22. The van der Waals surface area contributed by atoms with E-state index in [2.05, 4.69) is 10.6 Å². The van der Waals surface area contributed by atoms with Crippen LogP contribution in [-0.2, 0) is 47.7 Å². The van der Waals surface area contributed by atoms with Gasteiger partial charge in [-0.1, -0.05) is 24.3 Å². The number of aromatic hydroxyl groups is 8. The van der Waals surface area contributed by atoms with Gasteiger partial charge in [-0.15, -0.1) is 0 Å². The summed E-state index contributed by atoms with van der Waals surface area (Å²) in [5.41, 5.74) is -2.86. The highest BCUT2D eigenvalue weighted by molar-refractivity contribution is 5.91. The summed E-state index contributed by atoms with van der Waals surface area (Å²) in [6.45, 7) is 3.63. The predicted molar refractivity (Wildman–Crippen MR) is 272 cm³/mol. The van der Waals surface area contributed by atoms with Crippen molar-refractivity contribution in [2.45, 2.75) is 87.4 Å². The second-order valence-corrected chi connectivity index (χ2v) is 17.8. The third kappa shape index (κ3) is 16.4. The van der Waals surface area contributed by atoms with Gasteiger partial charge in [0.15, 0.2) is 46.0 Å². The van der Waals surface area contributed by atoms with Gasteiger partial charge in [0.1, 0.15) is 47.8 Å². The smallest absolute Gasteiger partial charge is 0.331 e. The first-order valence-corrected chi connectivity index (χ1v) is 23.8. The van der Waals surface area contributed by atoms with Gasteiger partial charge < -0.3 is 90.9 Å². The average Bonchev–Trinajstić information content (AvgIpc) is 3.40. The van der Waals surface area contributed by atoms with Crippen LogP contribution in [0.3, 0.4) is 0 Å². The first-order valence-electron chi connectivity index (χ1n) is 23.8. The Hall–Kier alpha value is -9.10. The third-order valence-electron chi connectivity index (χ3n) is 11.9. The number of carbonyl (C=O) groups excluding carboxylic acids is 6. The maximum atomic E-state index is 12.6. The van der Waals surface area contributed by atoms with Crippen molar-refractivity contribution in [2.24, 2.45) is 0 Å². The Kier molecular flexibility index (Phi) is 20.4. The van der Waals surface area contributed by atoms with Gasteiger partial charge in [-0.2, -0.15) is 0 Å². The minimum atomic E-state index is -2.13. The van der Waals surface area contributed by atoms with Crippen LogP contribution in [0.5, 0.6) is 46.0 Å². The molecule has 4 aromatic rings. The van der Waals surface area contributed by atoms with E-state index in [1.54, 1.807) is 13.8 Å². The van der Waals surface area contributed by atoms with Crippen LogP contribution in [0.4, 0.5) is 0 Å². The summed E-state index contributed by atoms with van der Waals surface area (Å²) in [6.07, 6.45) is -1.82. The van der Waals surface area contributed by atoms with Gasteiger partial charge in [0, 0.05) is 63.1 Å². The minimum absolute atomic E-state index is 0.184. The van der Waals surface area contributed by atoms with E-state index in [1.807, 2.05) is 0 Å². The van der Waals surface area contributed by atoms with E-state index >= 15 is 0 Å². The number of aliphatic hydroxyl groups excluding tert-OH is 2. The molecule has 0 unspecified atom stereocenters. The van der Waals surface area contributed by atoms with Crippen molar-refractivity contribution < 1.29 is 109 Å². The van der Waals surface area contributed by atoms with E-state index in [-0.39, 0.29) is 36.1 Å². The number of esters is 4. The lowest BCUT2D eigenvalue weighted by Gasteiger charge is -2.41. The fourth-order valence-electron chi connectivity index (χ4n) is 7.91. The van der Waals surface area contributed by atoms with E-state index in [1.165, 1.54) is 97.1 Å². The number of amides is 2. The molecule has 14 N–H and O–H groups in total. The molecular weight excluding hydrogens is 1030 g/mol. The predicted octanol–water partition coefficient (Wildman–Crippen LogP) is 2.16. The Morgan fingerprint density at radius 1 is 0.423 bits per heavy atom. The Labute approximate surface area is 444 Å². The Morgan fingerprint density at radius 3 is 0.833 bits per heavy atom. The van der Waals surface area contributed by atoms with Gasteiger partial charge in [0.2, 0.25) is 0 Å². The molecule has 0 radical (unpaired) electrons. The Balaban J connectivity index is 0.000000287. The molecule has 0 aromatic heterocycles. The molecule has 4 aromatic carbocycles. The van der Waals surface area contributed by atoms with Gasteiger partial charge in [0.25, 0.3) is 11.8 Å². The number of rotatable bonds is 16. The van der Waals surface area contributed by atoms with E-state index in [9.17, 15) is 90.0 Å². The summed E-state index contributed by atoms with van der Waals surface area (Å²) >= 11 is 0. The normalized spacial score (nSPS) is 23.0. The van der Waals surface area contributed by atoms with Crippen LogP contribution in [-0.4, -0.2) is 158 Å². The molecule has 0 aliphatic heterocycles. The lowest BCUT2D eigenvalue weighted by Crippen LogP contribution is -2.60. The zero-order chi connectivity index (χ0) is 57.5. The second-order valence-electron chi connectivity index (χ2n) is 17.8. The van der Waals surface area contributed by atoms with E-state index < -0.39 is 132 Å². The van der Waals surface area contributed by atoms with Gasteiger partial charge in [-0.25, -0.2) is 19.2 Å². The van der Waals surface area contributed by atoms with Crippen LogP contribution < -0.4 is 10.6 Å². The molecule has 0 bridgehead atoms. The molecule has 0 spiro atoms. The number of ether oxygens (including phenoxy) is 4. The standard InChI is InChI=1S/2C27H29NO11/c2*1-2-28-26(36)27(37)13-21(38-23(33)9-5-15-3-7-17(29)19(31)11-15)25(35)22(14-27)39-24(34)10-6-16-4-8-18(30)20(32)12-16/h2*3-12,21-22,25,29-32,35,37H,2,13-14H2,1H3,(H,28,36)/b2*9-5+,10-6+/t2*21-,22-,25?,27?/m11/s1. The highest BCUT2D eigenvalue weighted by atomic mass is 16.6. The fraction of sp³-hybridized carbons (Fsp3) is 0.296. The van der Waals surface area contributed by atoms with Crippen molar-refractivity contribution in [3.05, 3.63) is 119 Å². The molecule has 2 amide bonds. The van der Waals surface area contributed by atoms with Gasteiger partial charge >= 0.3 is 23.9 Å². The molecule has 6 rings (SSSR count). The molecular formula is C54H58N2O22. The summed E-state index contributed by atoms with van der Waals surface area (Å²) in [5.74, 6) is -8.41. The Morgan fingerprint density at radius 2 is 0.641 bits per heavy atom. The molecule has 2 fully saturated rings. The van der Waals surface area contributed by atoms with Crippen molar-refractivity contribution in [1.29, 1.82) is 0 Å². The molecule has 416 valence electrons. The van der Waals surface area contributed by atoms with Gasteiger partial charge in [0.05, 0.1) is 0 Å². The van der Waals surface area contributed by atoms with Crippen molar-refractivity contribution in [2.75, 3.05) is 13.1 Å². The maximum Gasteiger partial charge on any atom is 0.331 e. The van der Waals surface area contributed by atoms with Crippen LogP contribution in [0.15, 0.2) is 97.1 Å². The number of carbonyl (C=O) groups is 6. The molecule has 24 heteroatoms. The monoisotopic (exact) mass is 1090 g/mol. The first-order chi connectivity index (χ1) is 36.8. The molecule has 2 saturated carbocycles. The lowest BCUT2D eigenvalue weighted by atomic mass is 9.78. The number of phenols is 8. The first kappa shape index (κ1) is 59.8. The molecule has 0 heterocycles. The van der Waals surface area contributed by atoms with Gasteiger partial charge in [-0.05, 0) is 109 Å². The van der Waals surface area contributed by atoms with Crippen LogP contribution >= 0.6 is 0 Å². The summed E-state index contributed by atoms with van der Waals surface area (Å²) in [7, 11) is 0. The zero-order valence-electron chi connectivity index (χ0n) is 41.7. The molecule has 24 nitrogen and oxygen atoms in total. The van der Waals surface area contributed by atoms with Gasteiger partial charge in [-0.3, -0.25) is 9.59 Å². The maximum absolute atomic E-state index is 12.6. The Bertz CT molecular complexity index is 2600. The number of hydrogen-bond donors (Lipinski definition) is 14. The topological polar surface area (TPSA) is 406 Å². The molecule has 0 saturated heterocycles. The van der Waals surface area contributed by atoms with Crippen molar-refractivity contribution in [1.82, 2.24) is 10.6 Å². The zero-order valence-corrected chi connectivity index (χ0v) is 41.7. The van der Waals surface area contributed by atoms with Crippen LogP contribution in [0, 0.1) is 0 Å². The quantitative estimate of drug-likeness (QED) is 0.0331. The highest BCUT2D eigenvalue weighted by Crippen LogP contribution is 2.36. The number of likely N-dealkylation sites (N-methyl/N-ethyl adjacent to an activating group) is 2. The average molecular weight is 1090 g/mol. The third-order valence-corrected chi connectivity index (χ3v) is 11.9. The van der Waals surface area contributed by atoms with E-state index in [0.29, 0.717) is 22.3 Å². The van der Waals surface area contributed by atoms with E-state index in [4.69, 9.17) is 18.9 Å². The summed E-state index contributed by atoms with van der Waals surface area (Å²) in [6, 6.07) is 15.4. The van der Waals surface area contributed by atoms with Crippen LogP contribution in [0.2, 0.25) is 0 Å². The number of nitrogens with one attached hydrogen (secondary N) is 2. The van der Waals surface area contributed by atoms with Crippen molar-refractivity contribution in [3.63, 3.8) is 0 Å². The molecule has 4 atom stereocenters. The SMILES string of the molecule is CCNC(=O)C1(O)C[C@@H](OC(=O)/C=C/c2ccc(O)c(O)c2)C(O)[C@H](OC(=O)/C=C/c2ccc(O)c(O)c2)C1.CCNC(=O)C1(O)C[C@@H](OC(=O)/C=C/c2ccc(O)c(O)c2)C(O)[C@H](OC(=O)/C=C/c2ccc(O)c(O)c2)C1. The van der Waals surface area contributed by atoms with Crippen molar-refractivity contribution in [3.8, 4) is 46.0 Å². The fourth-order valence-corrected chi connectivity index (χ4v) is 7.91. The molecule has 2 aliphatic rings. The van der Waals surface area contributed by atoms with Crippen LogP contribution in [0.25, 0.3) is 24.3 Å².